The number of amides is 2. The van der Waals surface area contributed by atoms with Crippen LogP contribution in [-0.2, 0) is 14.3 Å². The number of aromatic nitrogens is 1. The molecule has 10 heteroatoms. The first kappa shape index (κ1) is 29.2. The van der Waals surface area contributed by atoms with Gasteiger partial charge in [-0.2, -0.15) is 5.26 Å². The lowest BCUT2D eigenvalue weighted by Gasteiger charge is -2.16. The predicted molar refractivity (Wildman–Crippen MR) is 160 cm³/mol. The Morgan fingerprint density at radius 1 is 1.02 bits per heavy atom. The van der Waals surface area contributed by atoms with Crippen molar-refractivity contribution in [3.8, 4) is 23.1 Å². The Morgan fingerprint density at radius 2 is 1.72 bits per heavy atom. The minimum Gasteiger partial charge on any atom is -0.496 e. The number of imide groups is 1. The van der Waals surface area contributed by atoms with Gasteiger partial charge in [0.25, 0.3) is 0 Å². The molecule has 1 unspecified atom stereocenters. The van der Waals surface area contributed by atoms with Gasteiger partial charge in [0.2, 0.25) is 17.6 Å². The van der Waals surface area contributed by atoms with Crippen LogP contribution in [0.4, 0.5) is 5.69 Å². The number of anilines is 1. The van der Waals surface area contributed by atoms with Crippen molar-refractivity contribution in [2.24, 2.45) is 0 Å². The number of carbonyl (C=O) groups is 4. The highest BCUT2D eigenvalue weighted by Gasteiger charge is 2.41. The number of rotatable bonds is 9. The summed E-state index contributed by atoms with van der Waals surface area (Å²) in [5, 5.41) is 9.32. The summed E-state index contributed by atoms with van der Waals surface area (Å²) >= 11 is 1.09. The van der Waals surface area contributed by atoms with E-state index in [0.29, 0.717) is 33.3 Å². The molecule has 3 aromatic carbocycles. The third-order valence-electron chi connectivity index (χ3n) is 6.81. The van der Waals surface area contributed by atoms with Crippen LogP contribution in [0.15, 0.2) is 90.0 Å². The number of Topliss-reactive ketones (excluding diaryl/α,β-unsaturated/α-hetero) is 1. The summed E-state index contributed by atoms with van der Waals surface area (Å²) in [6.45, 7) is 1.39. The molecule has 0 aliphatic carbocycles. The quantitative estimate of drug-likeness (QED) is 0.143. The molecule has 9 nitrogen and oxygen atoms in total. The van der Waals surface area contributed by atoms with Crippen LogP contribution in [0.25, 0.3) is 11.3 Å². The van der Waals surface area contributed by atoms with Gasteiger partial charge in [-0.25, -0.2) is 14.7 Å². The maximum absolute atomic E-state index is 13.4. The predicted octanol–water partition coefficient (Wildman–Crippen LogP) is 5.40. The zero-order chi connectivity index (χ0) is 30.5. The number of ether oxygens (including phenoxy) is 2. The molecule has 1 aliphatic rings. The fraction of sp³-hybridized carbons (Fsp3) is 0.152. The van der Waals surface area contributed by atoms with Crippen molar-refractivity contribution < 1.29 is 28.7 Å². The lowest BCUT2D eigenvalue weighted by Crippen LogP contribution is -2.31. The maximum Gasteiger partial charge on any atom is 0.338 e. The first-order valence-electron chi connectivity index (χ1n) is 13.2. The monoisotopic (exact) mass is 591 g/mol. The van der Waals surface area contributed by atoms with Crippen molar-refractivity contribution in [1.29, 1.82) is 5.26 Å². The Bertz CT molecular complexity index is 1770. The van der Waals surface area contributed by atoms with Crippen LogP contribution in [-0.4, -0.2) is 47.5 Å². The van der Waals surface area contributed by atoms with Gasteiger partial charge in [0.05, 0.1) is 40.4 Å². The Morgan fingerprint density at radius 3 is 2.42 bits per heavy atom. The van der Waals surface area contributed by atoms with Gasteiger partial charge in [0.15, 0.2) is 6.61 Å². The van der Waals surface area contributed by atoms with Gasteiger partial charge in [-0.05, 0) is 55.0 Å². The third-order valence-corrected chi connectivity index (χ3v) is 8.00. The normalized spacial score (nSPS) is 14.3. The van der Waals surface area contributed by atoms with E-state index in [1.165, 1.54) is 31.4 Å². The Labute approximate surface area is 252 Å². The summed E-state index contributed by atoms with van der Waals surface area (Å²) in [7, 11) is 1.45. The second-order valence-corrected chi connectivity index (χ2v) is 10.8. The topological polar surface area (TPSA) is 127 Å². The highest BCUT2D eigenvalue weighted by molar-refractivity contribution is 8.00. The number of hydrogen-bond donors (Lipinski definition) is 0. The number of hydrogen-bond acceptors (Lipinski definition) is 9. The van der Waals surface area contributed by atoms with Crippen molar-refractivity contribution in [3.05, 3.63) is 107 Å². The fourth-order valence-corrected chi connectivity index (χ4v) is 5.75. The standard InChI is InChI=1S/C33H25N3O6S/c1-20-16-23(18-34)31(35-30(20)21-8-4-3-5-9-21)43-28-17-29(38)36(32(28)39)24-14-12-22(13-15-24)33(40)42-19-26(37)25-10-6-7-11-27(25)41-2/h3-16,28H,17,19H2,1-2H3. The van der Waals surface area contributed by atoms with Crippen molar-refractivity contribution in [2.45, 2.75) is 23.6 Å². The summed E-state index contributed by atoms with van der Waals surface area (Å²) in [5.41, 5.74) is 3.47. The van der Waals surface area contributed by atoms with E-state index in [9.17, 15) is 24.4 Å². The van der Waals surface area contributed by atoms with Crippen molar-refractivity contribution in [2.75, 3.05) is 18.6 Å². The second kappa shape index (κ2) is 12.7. The molecule has 0 bridgehead atoms. The average Bonchev–Trinajstić information content (AvgIpc) is 3.32. The number of esters is 1. The highest BCUT2D eigenvalue weighted by atomic mass is 32.2. The van der Waals surface area contributed by atoms with Gasteiger partial charge in [0.1, 0.15) is 16.8 Å². The third kappa shape index (κ3) is 6.17. The number of nitrogens with zero attached hydrogens (tertiary/aromatic N) is 3. The molecule has 1 aliphatic heterocycles. The van der Waals surface area contributed by atoms with Gasteiger partial charge < -0.3 is 9.47 Å². The van der Waals surface area contributed by atoms with Crippen LogP contribution in [0, 0.1) is 18.3 Å². The lowest BCUT2D eigenvalue weighted by molar-refractivity contribution is -0.121. The van der Waals surface area contributed by atoms with E-state index < -0.39 is 35.4 Å². The zero-order valence-corrected chi connectivity index (χ0v) is 24.1. The summed E-state index contributed by atoms with van der Waals surface area (Å²) in [5.74, 6) is -1.62. The van der Waals surface area contributed by atoms with E-state index in [4.69, 9.17) is 14.5 Å². The van der Waals surface area contributed by atoms with Gasteiger partial charge in [-0.3, -0.25) is 14.4 Å². The van der Waals surface area contributed by atoms with Crippen LogP contribution in [0.3, 0.4) is 0 Å². The van der Waals surface area contributed by atoms with Gasteiger partial charge >= 0.3 is 5.97 Å². The van der Waals surface area contributed by atoms with E-state index in [0.717, 1.165) is 27.8 Å². The van der Waals surface area contributed by atoms with E-state index in [-0.39, 0.29) is 12.0 Å². The number of para-hydroxylation sites is 1. The molecule has 2 amide bonds. The molecule has 5 rings (SSSR count). The Balaban J connectivity index is 1.27. The SMILES string of the molecule is COc1ccccc1C(=O)COC(=O)c1ccc(N2C(=O)CC(Sc3nc(-c4ccccc4)c(C)cc3C#N)C2=O)cc1. The van der Waals surface area contributed by atoms with Crippen molar-refractivity contribution in [3.63, 3.8) is 0 Å². The highest BCUT2D eigenvalue weighted by Crippen LogP contribution is 2.36. The second-order valence-electron chi connectivity index (χ2n) is 9.61. The van der Waals surface area contributed by atoms with E-state index >= 15 is 0 Å². The number of thioether (sulfide) groups is 1. The number of aryl methyl sites for hydroxylation is 1. The molecule has 0 saturated carbocycles. The summed E-state index contributed by atoms with van der Waals surface area (Å²) in [4.78, 5) is 57.1. The van der Waals surface area contributed by atoms with Crippen molar-refractivity contribution >= 4 is 41.0 Å². The molecule has 1 atom stereocenters. The summed E-state index contributed by atoms with van der Waals surface area (Å²) < 4.78 is 10.4. The lowest BCUT2D eigenvalue weighted by atomic mass is 10.1. The smallest absolute Gasteiger partial charge is 0.338 e. The first-order valence-corrected chi connectivity index (χ1v) is 14.1. The molecular weight excluding hydrogens is 566 g/mol. The van der Waals surface area contributed by atoms with E-state index in [2.05, 4.69) is 6.07 Å². The van der Waals surface area contributed by atoms with Gasteiger partial charge in [0, 0.05) is 12.0 Å². The van der Waals surface area contributed by atoms with E-state index in [1.807, 2.05) is 37.3 Å². The molecule has 1 saturated heterocycles. The number of carbonyl (C=O) groups excluding carboxylic acids is 4. The molecule has 1 aromatic heterocycles. The van der Waals surface area contributed by atoms with Gasteiger partial charge in [-0.15, -0.1) is 0 Å². The minimum atomic E-state index is -0.774. The van der Waals surface area contributed by atoms with Crippen LogP contribution in [0.1, 0.15) is 38.3 Å². The largest absolute Gasteiger partial charge is 0.496 e. The van der Waals surface area contributed by atoms with Crippen molar-refractivity contribution in [1.82, 2.24) is 4.98 Å². The number of methoxy groups -OCH3 is 1. The number of nitriles is 1. The van der Waals surface area contributed by atoms with Crippen LogP contribution in [0.2, 0.25) is 0 Å². The molecule has 1 fully saturated rings. The Hall–Kier alpha value is -5.27. The summed E-state index contributed by atoms with van der Waals surface area (Å²) in [6.07, 6.45) is -0.0700. The average molecular weight is 592 g/mol. The number of pyridine rings is 1. The molecule has 0 radical (unpaired) electrons. The van der Waals surface area contributed by atoms with E-state index in [1.54, 1.807) is 30.3 Å². The minimum absolute atomic E-state index is 0.0700. The number of ketones is 1. The van der Waals surface area contributed by atoms with Gasteiger partial charge in [-0.1, -0.05) is 54.2 Å². The summed E-state index contributed by atoms with van der Waals surface area (Å²) in [6, 6.07) is 25.8. The molecule has 0 spiro atoms. The maximum atomic E-state index is 13.4. The molecular formula is C33H25N3O6S. The molecule has 0 N–H and O–H groups in total. The fourth-order valence-electron chi connectivity index (χ4n) is 4.67. The molecule has 43 heavy (non-hydrogen) atoms. The van der Waals surface area contributed by atoms with Crippen LogP contribution in [0.5, 0.6) is 5.75 Å². The van der Waals surface area contributed by atoms with Crippen LogP contribution < -0.4 is 9.64 Å². The molecule has 2 heterocycles. The molecule has 214 valence electrons. The molecule has 4 aromatic rings. The zero-order valence-electron chi connectivity index (χ0n) is 23.3. The Kier molecular flexibility index (Phi) is 8.64. The first-order chi connectivity index (χ1) is 20.8. The number of benzene rings is 3. The van der Waals surface area contributed by atoms with Crippen LogP contribution >= 0.6 is 11.8 Å².